The van der Waals surface area contributed by atoms with E-state index in [0.717, 1.165) is 20.4 Å². The van der Waals surface area contributed by atoms with Crippen LogP contribution >= 0.6 is 34.2 Å². The second kappa shape index (κ2) is 6.30. The highest BCUT2D eigenvalue weighted by atomic mass is 127. The Morgan fingerprint density at radius 2 is 2.25 bits per heavy atom. The molecule has 0 aliphatic rings. The Labute approximate surface area is 137 Å². The van der Waals surface area contributed by atoms with Crippen molar-refractivity contribution in [2.45, 2.75) is 25.8 Å². The zero-order valence-electron chi connectivity index (χ0n) is 11.7. The summed E-state index contributed by atoms with van der Waals surface area (Å²) in [5, 5.41) is -0.236. The lowest BCUT2D eigenvalue weighted by Crippen LogP contribution is -2.30. The van der Waals surface area contributed by atoms with Gasteiger partial charge in [-0.3, -0.25) is 4.79 Å². The molecule has 0 aliphatic carbocycles. The van der Waals surface area contributed by atoms with E-state index in [1.54, 1.807) is 11.9 Å². The van der Waals surface area contributed by atoms with Gasteiger partial charge in [-0.1, -0.05) is 0 Å². The minimum Gasteiger partial charge on any atom is -0.344 e. The van der Waals surface area contributed by atoms with Gasteiger partial charge in [0, 0.05) is 17.2 Å². The summed E-state index contributed by atoms with van der Waals surface area (Å²) in [7, 11) is 1.80. The third-order valence-corrected chi connectivity index (χ3v) is 4.16. The SMILES string of the molecule is CCN(C)C(=O)Cn1c(C(C)Cl)nc2cc(I)ccc21. The van der Waals surface area contributed by atoms with Gasteiger partial charge >= 0.3 is 0 Å². The molecule has 0 N–H and O–H groups in total. The summed E-state index contributed by atoms with van der Waals surface area (Å²) >= 11 is 8.46. The number of likely N-dealkylation sites (N-methyl/N-ethyl adjacent to an activating group) is 1. The lowest BCUT2D eigenvalue weighted by Gasteiger charge is -2.17. The second-order valence-corrected chi connectivity index (χ2v) is 6.61. The van der Waals surface area contributed by atoms with Gasteiger partial charge in [0.2, 0.25) is 5.91 Å². The average Bonchev–Trinajstić information content (AvgIpc) is 2.75. The molecule has 20 heavy (non-hydrogen) atoms. The number of fused-ring (bicyclic) bond motifs is 1. The van der Waals surface area contributed by atoms with Gasteiger partial charge in [0.15, 0.2) is 0 Å². The molecule has 6 heteroatoms. The second-order valence-electron chi connectivity index (χ2n) is 4.71. The van der Waals surface area contributed by atoms with Crippen molar-refractivity contribution < 1.29 is 4.79 Å². The lowest BCUT2D eigenvalue weighted by atomic mass is 10.3. The molecule has 108 valence electrons. The minimum atomic E-state index is -0.236. The van der Waals surface area contributed by atoms with Crippen LogP contribution in [0, 0.1) is 3.57 Å². The Kier molecular flexibility index (Phi) is 4.90. The molecule has 0 aliphatic heterocycles. The van der Waals surface area contributed by atoms with E-state index in [2.05, 4.69) is 27.6 Å². The fraction of sp³-hybridized carbons (Fsp3) is 0.429. The molecule has 1 aromatic carbocycles. The maximum atomic E-state index is 12.2. The number of carbonyl (C=O) groups excluding carboxylic acids is 1. The number of halogens is 2. The first-order valence-electron chi connectivity index (χ1n) is 6.47. The molecule has 1 amide bonds. The highest BCUT2D eigenvalue weighted by Crippen LogP contribution is 2.25. The van der Waals surface area contributed by atoms with Crippen molar-refractivity contribution >= 4 is 51.1 Å². The largest absolute Gasteiger partial charge is 0.344 e. The molecule has 4 nitrogen and oxygen atoms in total. The van der Waals surface area contributed by atoms with Crippen LogP contribution in [0.4, 0.5) is 0 Å². The molecular weight excluding hydrogens is 389 g/mol. The van der Waals surface area contributed by atoms with Crippen molar-refractivity contribution in [3.05, 3.63) is 27.6 Å². The van der Waals surface area contributed by atoms with E-state index >= 15 is 0 Å². The van der Waals surface area contributed by atoms with E-state index in [1.165, 1.54) is 0 Å². The normalized spacial score (nSPS) is 12.7. The Bertz CT molecular complexity index is 639. The predicted octanol–water partition coefficient (Wildman–Crippen LogP) is 3.42. The van der Waals surface area contributed by atoms with Crippen molar-refractivity contribution in [3.8, 4) is 0 Å². The van der Waals surface area contributed by atoms with E-state index in [9.17, 15) is 4.79 Å². The summed E-state index contributed by atoms with van der Waals surface area (Å²) in [5.41, 5.74) is 1.83. The molecule has 0 spiro atoms. The molecule has 0 fully saturated rings. The number of imidazole rings is 1. The number of aromatic nitrogens is 2. The van der Waals surface area contributed by atoms with Crippen LogP contribution in [-0.4, -0.2) is 34.0 Å². The number of rotatable bonds is 4. The van der Waals surface area contributed by atoms with Crippen LogP contribution in [0.3, 0.4) is 0 Å². The summed E-state index contributed by atoms with van der Waals surface area (Å²) < 4.78 is 3.03. The quantitative estimate of drug-likeness (QED) is 0.577. The van der Waals surface area contributed by atoms with Gasteiger partial charge in [0.25, 0.3) is 0 Å². The summed E-state index contributed by atoms with van der Waals surface area (Å²) in [6.07, 6.45) is 0. The van der Waals surface area contributed by atoms with Crippen LogP contribution in [0.25, 0.3) is 11.0 Å². The molecule has 2 rings (SSSR count). The van der Waals surface area contributed by atoms with Crippen molar-refractivity contribution in [2.75, 3.05) is 13.6 Å². The number of carbonyl (C=O) groups is 1. The Hall–Kier alpha value is -0.820. The van der Waals surface area contributed by atoms with Crippen molar-refractivity contribution in [2.24, 2.45) is 0 Å². The highest BCUT2D eigenvalue weighted by molar-refractivity contribution is 14.1. The van der Waals surface area contributed by atoms with Crippen molar-refractivity contribution in [1.82, 2.24) is 14.5 Å². The van der Waals surface area contributed by atoms with Gasteiger partial charge in [-0.05, 0) is 54.6 Å². The molecule has 0 radical (unpaired) electrons. The van der Waals surface area contributed by atoms with Gasteiger partial charge in [-0.15, -0.1) is 11.6 Å². The van der Waals surface area contributed by atoms with Gasteiger partial charge in [-0.2, -0.15) is 0 Å². The summed E-state index contributed by atoms with van der Waals surface area (Å²) in [5.74, 6) is 0.797. The molecule has 1 heterocycles. The van der Waals surface area contributed by atoms with E-state index in [1.807, 2.05) is 36.6 Å². The lowest BCUT2D eigenvalue weighted by molar-refractivity contribution is -0.130. The van der Waals surface area contributed by atoms with E-state index in [-0.39, 0.29) is 17.8 Å². The minimum absolute atomic E-state index is 0.0592. The number of nitrogens with zero attached hydrogens (tertiary/aromatic N) is 3. The molecular formula is C14H17ClIN3O. The Morgan fingerprint density at radius 1 is 1.55 bits per heavy atom. The molecule has 0 bridgehead atoms. The zero-order valence-corrected chi connectivity index (χ0v) is 14.6. The van der Waals surface area contributed by atoms with E-state index in [0.29, 0.717) is 6.54 Å². The monoisotopic (exact) mass is 405 g/mol. The maximum absolute atomic E-state index is 12.2. The van der Waals surface area contributed by atoms with Crippen LogP contribution in [0.2, 0.25) is 0 Å². The van der Waals surface area contributed by atoms with E-state index < -0.39 is 0 Å². The number of benzene rings is 1. The molecule has 2 aromatic rings. The number of hydrogen-bond acceptors (Lipinski definition) is 2. The Balaban J connectivity index is 2.49. The number of alkyl halides is 1. The van der Waals surface area contributed by atoms with Gasteiger partial charge in [0.05, 0.1) is 16.4 Å². The van der Waals surface area contributed by atoms with Crippen LogP contribution in [0.15, 0.2) is 18.2 Å². The third-order valence-electron chi connectivity index (χ3n) is 3.29. The average molecular weight is 406 g/mol. The standard InChI is InChI=1S/C14H17ClIN3O/c1-4-18(3)13(20)8-19-12-6-5-10(16)7-11(12)17-14(19)9(2)15/h5-7,9H,4,8H2,1-3H3. The van der Waals surface area contributed by atoms with Crippen molar-refractivity contribution in [1.29, 1.82) is 0 Å². The fourth-order valence-electron chi connectivity index (χ4n) is 2.02. The highest BCUT2D eigenvalue weighted by Gasteiger charge is 2.18. The van der Waals surface area contributed by atoms with Gasteiger partial charge < -0.3 is 9.47 Å². The molecule has 1 unspecified atom stereocenters. The van der Waals surface area contributed by atoms with E-state index in [4.69, 9.17) is 11.6 Å². The molecule has 1 aromatic heterocycles. The van der Waals surface area contributed by atoms with Crippen LogP contribution < -0.4 is 0 Å². The predicted molar refractivity (Wildman–Crippen MR) is 90.0 cm³/mol. The van der Waals surface area contributed by atoms with Crippen LogP contribution in [-0.2, 0) is 11.3 Å². The number of amides is 1. The summed E-state index contributed by atoms with van der Waals surface area (Å²) in [4.78, 5) is 18.4. The zero-order chi connectivity index (χ0) is 14.9. The topological polar surface area (TPSA) is 38.1 Å². The molecule has 0 saturated carbocycles. The first kappa shape index (κ1) is 15.6. The fourth-order valence-corrected chi connectivity index (χ4v) is 2.67. The first-order chi connectivity index (χ1) is 9.43. The van der Waals surface area contributed by atoms with Gasteiger partial charge in [0.1, 0.15) is 12.4 Å². The van der Waals surface area contributed by atoms with Crippen molar-refractivity contribution in [3.63, 3.8) is 0 Å². The smallest absolute Gasteiger partial charge is 0.242 e. The van der Waals surface area contributed by atoms with Crippen LogP contribution in [0.5, 0.6) is 0 Å². The third kappa shape index (κ3) is 3.09. The summed E-state index contributed by atoms with van der Waals surface area (Å²) in [6, 6.07) is 6.01. The summed E-state index contributed by atoms with van der Waals surface area (Å²) in [6.45, 7) is 4.79. The van der Waals surface area contributed by atoms with Crippen LogP contribution in [0.1, 0.15) is 25.0 Å². The maximum Gasteiger partial charge on any atom is 0.242 e. The first-order valence-corrected chi connectivity index (χ1v) is 7.99. The van der Waals surface area contributed by atoms with Gasteiger partial charge in [-0.25, -0.2) is 4.98 Å². The molecule has 0 saturated heterocycles. The Morgan fingerprint density at radius 3 is 2.85 bits per heavy atom. The molecule has 1 atom stereocenters. The number of hydrogen-bond donors (Lipinski definition) is 0.